The van der Waals surface area contributed by atoms with E-state index in [0.717, 1.165) is 0 Å². The van der Waals surface area contributed by atoms with Crippen molar-refractivity contribution < 1.29 is 18.6 Å². The first-order valence-corrected chi connectivity index (χ1v) is 8.11. The number of ether oxygens (including phenoxy) is 3. The zero-order chi connectivity index (χ0) is 18.7. The summed E-state index contributed by atoms with van der Waals surface area (Å²) < 4.78 is 31.0. The molecule has 1 heterocycles. The topological polar surface area (TPSA) is 89.5 Å². The second-order valence-corrected chi connectivity index (χ2v) is 6.04. The van der Waals surface area contributed by atoms with Gasteiger partial charge in [-0.15, -0.1) is 0 Å². The monoisotopic (exact) mass is 373 g/mol. The molecule has 1 aliphatic rings. The SMILES string of the molecule is COc1cc(C(Nc2ccc(C#N)cc2)C(N)=S)c(F)c2c1OCOC2. The number of fused-ring (bicyclic) bond motifs is 1. The molecule has 26 heavy (non-hydrogen) atoms. The molecule has 3 rings (SSSR count). The van der Waals surface area contributed by atoms with Crippen LogP contribution < -0.4 is 20.5 Å². The van der Waals surface area contributed by atoms with E-state index >= 15 is 4.39 Å². The van der Waals surface area contributed by atoms with Crippen LogP contribution in [0.4, 0.5) is 10.1 Å². The Balaban J connectivity index is 2.02. The number of hydrogen-bond acceptors (Lipinski definition) is 6. The molecular weight excluding hydrogens is 357 g/mol. The van der Waals surface area contributed by atoms with Crippen molar-refractivity contribution in [3.63, 3.8) is 0 Å². The fourth-order valence-electron chi connectivity index (χ4n) is 2.70. The lowest BCUT2D eigenvalue weighted by molar-refractivity contribution is -0.0200. The number of anilines is 1. The van der Waals surface area contributed by atoms with Gasteiger partial charge in [-0.05, 0) is 30.3 Å². The predicted molar refractivity (Wildman–Crippen MR) is 97.5 cm³/mol. The van der Waals surface area contributed by atoms with E-state index in [4.69, 9.17) is 37.4 Å². The summed E-state index contributed by atoms with van der Waals surface area (Å²) in [6, 6.07) is 9.46. The lowest BCUT2D eigenvalue weighted by atomic mass is 10.00. The third-order valence-corrected chi connectivity index (χ3v) is 4.21. The highest BCUT2D eigenvalue weighted by Gasteiger charge is 2.28. The summed E-state index contributed by atoms with van der Waals surface area (Å²) >= 11 is 5.13. The van der Waals surface area contributed by atoms with E-state index in [1.165, 1.54) is 13.2 Å². The van der Waals surface area contributed by atoms with E-state index in [1.807, 2.05) is 6.07 Å². The molecule has 2 aromatic carbocycles. The number of halogens is 1. The zero-order valence-electron chi connectivity index (χ0n) is 13.9. The molecule has 0 saturated carbocycles. The number of hydrogen-bond donors (Lipinski definition) is 2. The number of nitrogens with zero attached hydrogens (tertiary/aromatic N) is 1. The Labute approximate surface area is 155 Å². The molecule has 0 fully saturated rings. The van der Waals surface area contributed by atoms with Crippen molar-refractivity contribution in [2.45, 2.75) is 12.6 Å². The van der Waals surface area contributed by atoms with E-state index in [-0.39, 0.29) is 29.5 Å². The fourth-order valence-corrected chi connectivity index (χ4v) is 2.88. The van der Waals surface area contributed by atoms with Crippen molar-refractivity contribution in [1.82, 2.24) is 0 Å². The number of nitrogens with two attached hydrogens (primary N) is 1. The van der Waals surface area contributed by atoms with Crippen LogP contribution in [0, 0.1) is 17.1 Å². The minimum Gasteiger partial charge on any atom is -0.493 e. The summed E-state index contributed by atoms with van der Waals surface area (Å²) in [6.07, 6.45) is 0. The third-order valence-electron chi connectivity index (χ3n) is 3.98. The van der Waals surface area contributed by atoms with Crippen molar-refractivity contribution in [3.05, 3.63) is 52.8 Å². The molecule has 1 atom stereocenters. The molecule has 3 N–H and O–H groups in total. The molecule has 0 bridgehead atoms. The van der Waals surface area contributed by atoms with Gasteiger partial charge in [-0.3, -0.25) is 0 Å². The van der Waals surface area contributed by atoms with E-state index in [1.54, 1.807) is 24.3 Å². The number of methoxy groups -OCH3 is 1. The van der Waals surface area contributed by atoms with Gasteiger partial charge in [0.1, 0.15) is 16.8 Å². The van der Waals surface area contributed by atoms with Crippen LogP contribution in [0.2, 0.25) is 0 Å². The molecule has 0 aliphatic carbocycles. The first kappa shape index (κ1) is 17.9. The molecule has 1 unspecified atom stereocenters. The maximum atomic E-state index is 15.1. The Morgan fingerprint density at radius 1 is 1.42 bits per heavy atom. The van der Waals surface area contributed by atoms with Gasteiger partial charge in [0.2, 0.25) is 0 Å². The minimum atomic E-state index is -0.779. The largest absolute Gasteiger partial charge is 0.493 e. The van der Waals surface area contributed by atoms with Crippen LogP contribution in [0.3, 0.4) is 0 Å². The van der Waals surface area contributed by atoms with Gasteiger partial charge in [-0.25, -0.2) is 4.39 Å². The van der Waals surface area contributed by atoms with Crippen LogP contribution in [0.25, 0.3) is 0 Å². The summed E-state index contributed by atoms with van der Waals surface area (Å²) in [5.74, 6) is 0.182. The normalized spacial score (nSPS) is 13.7. The maximum Gasteiger partial charge on any atom is 0.189 e. The van der Waals surface area contributed by atoms with Crippen LogP contribution in [0.15, 0.2) is 30.3 Å². The van der Waals surface area contributed by atoms with Crippen LogP contribution in [-0.2, 0) is 11.3 Å². The molecule has 1 aliphatic heterocycles. The average molecular weight is 373 g/mol. The van der Waals surface area contributed by atoms with Crippen LogP contribution >= 0.6 is 12.2 Å². The molecule has 0 radical (unpaired) electrons. The van der Waals surface area contributed by atoms with Crippen molar-refractivity contribution in [1.29, 1.82) is 5.26 Å². The van der Waals surface area contributed by atoms with E-state index in [0.29, 0.717) is 22.7 Å². The molecule has 8 heteroatoms. The summed E-state index contributed by atoms with van der Waals surface area (Å²) in [5, 5.41) is 12.0. The second kappa shape index (κ2) is 7.56. The standard InChI is InChI=1S/C18H16FN3O3S/c1-23-14-6-12(15(19)13-8-24-9-25-17(13)14)16(18(21)26)22-11-4-2-10(7-20)3-5-11/h2-6,16,22H,8-9H2,1H3,(H2,21,26). The van der Waals surface area contributed by atoms with Crippen LogP contribution in [-0.4, -0.2) is 18.9 Å². The highest BCUT2D eigenvalue weighted by atomic mass is 32.1. The first-order chi connectivity index (χ1) is 12.5. The molecule has 0 aromatic heterocycles. The Morgan fingerprint density at radius 2 is 2.15 bits per heavy atom. The van der Waals surface area contributed by atoms with Gasteiger partial charge in [0, 0.05) is 11.3 Å². The lowest BCUT2D eigenvalue weighted by Gasteiger charge is -2.25. The summed E-state index contributed by atoms with van der Waals surface area (Å²) in [4.78, 5) is 0.0629. The Hall–Kier alpha value is -2.89. The minimum absolute atomic E-state index is 0.0321. The van der Waals surface area contributed by atoms with Crippen molar-refractivity contribution in [2.75, 3.05) is 19.2 Å². The van der Waals surface area contributed by atoms with Gasteiger partial charge >= 0.3 is 0 Å². The van der Waals surface area contributed by atoms with Crippen molar-refractivity contribution >= 4 is 22.9 Å². The lowest BCUT2D eigenvalue weighted by Crippen LogP contribution is -2.28. The second-order valence-electron chi connectivity index (χ2n) is 5.57. The van der Waals surface area contributed by atoms with E-state index in [9.17, 15) is 0 Å². The molecule has 0 saturated heterocycles. The quantitative estimate of drug-likeness (QED) is 0.779. The van der Waals surface area contributed by atoms with E-state index < -0.39 is 11.9 Å². The third kappa shape index (κ3) is 3.40. The van der Waals surface area contributed by atoms with Gasteiger partial charge in [-0.2, -0.15) is 5.26 Å². The summed E-state index contributed by atoms with van der Waals surface area (Å²) in [5.41, 5.74) is 7.50. The van der Waals surface area contributed by atoms with Crippen molar-refractivity contribution in [2.24, 2.45) is 5.73 Å². The number of rotatable bonds is 5. The Bertz CT molecular complexity index is 881. The molecular formula is C18H16FN3O3S. The average Bonchev–Trinajstić information content (AvgIpc) is 2.67. The number of thiocarbonyl (C=S) groups is 1. The van der Waals surface area contributed by atoms with Gasteiger partial charge in [0.05, 0.1) is 30.9 Å². The van der Waals surface area contributed by atoms with Crippen LogP contribution in [0.5, 0.6) is 11.5 Å². The first-order valence-electron chi connectivity index (χ1n) is 7.71. The number of nitriles is 1. The predicted octanol–water partition coefficient (Wildman–Crippen LogP) is 3.01. The Morgan fingerprint density at radius 3 is 2.77 bits per heavy atom. The molecule has 0 amide bonds. The highest BCUT2D eigenvalue weighted by Crippen LogP contribution is 2.40. The summed E-state index contributed by atoms with van der Waals surface area (Å²) in [7, 11) is 1.47. The van der Waals surface area contributed by atoms with Crippen LogP contribution in [0.1, 0.15) is 22.7 Å². The highest BCUT2D eigenvalue weighted by molar-refractivity contribution is 7.80. The fraction of sp³-hybridized carbons (Fsp3) is 0.222. The maximum absolute atomic E-state index is 15.1. The van der Waals surface area contributed by atoms with E-state index in [2.05, 4.69) is 5.32 Å². The van der Waals surface area contributed by atoms with Gasteiger partial charge in [0.25, 0.3) is 0 Å². The van der Waals surface area contributed by atoms with Gasteiger partial charge in [0.15, 0.2) is 18.3 Å². The van der Waals surface area contributed by atoms with Gasteiger partial charge < -0.3 is 25.3 Å². The molecule has 0 spiro atoms. The van der Waals surface area contributed by atoms with Crippen molar-refractivity contribution in [3.8, 4) is 17.6 Å². The number of benzene rings is 2. The smallest absolute Gasteiger partial charge is 0.189 e. The van der Waals surface area contributed by atoms with Gasteiger partial charge in [-0.1, -0.05) is 12.2 Å². The Kier molecular flexibility index (Phi) is 5.21. The summed E-state index contributed by atoms with van der Waals surface area (Å²) in [6.45, 7) is 0.0939. The zero-order valence-corrected chi connectivity index (χ0v) is 14.7. The molecule has 6 nitrogen and oxygen atoms in total. The molecule has 2 aromatic rings. The number of nitrogens with one attached hydrogen (secondary N) is 1. The molecule has 134 valence electrons.